The lowest BCUT2D eigenvalue weighted by Gasteiger charge is -2.37. The van der Waals surface area contributed by atoms with E-state index < -0.39 is 0 Å². The Labute approximate surface area is 97.9 Å². The van der Waals surface area contributed by atoms with E-state index in [1.165, 1.54) is 44.3 Å². The van der Waals surface area contributed by atoms with Gasteiger partial charge in [0.05, 0.1) is 0 Å². The Kier molecular flexibility index (Phi) is 2.92. The first-order valence-electron chi connectivity index (χ1n) is 5.72. The molecule has 2 aliphatic heterocycles. The normalized spacial score (nSPS) is 18.1. The lowest BCUT2D eigenvalue weighted by atomic mass is 9.89. The zero-order valence-corrected chi connectivity index (χ0v) is 10.1. The summed E-state index contributed by atoms with van der Waals surface area (Å²) in [5, 5.41) is 0. The van der Waals surface area contributed by atoms with E-state index in [1.54, 1.807) is 16.8 Å². The molecular formula is C13H18ClN. The van der Waals surface area contributed by atoms with E-state index >= 15 is 0 Å². The molecule has 15 heavy (non-hydrogen) atoms. The van der Waals surface area contributed by atoms with Gasteiger partial charge in [0.1, 0.15) is 0 Å². The van der Waals surface area contributed by atoms with Gasteiger partial charge in [0, 0.05) is 18.8 Å². The smallest absolute Gasteiger partial charge is 0.0433 e. The first kappa shape index (κ1) is 10.8. The van der Waals surface area contributed by atoms with E-state index in [-0.39, 0.29) is 12.4 Å². The van der Waals surface area contributed by atoms with Crippen LogP contribution in [0.15, 0.2) is 12.1 Å². The average Bonchev–Trinajstić information content (AvgIpc) is 2.24. The van der Waals surface area contributed by atoms with Gasteiger partial charge < -0.3 is 4.90 Å². The summed E-state index contributed by atoms with van der Waals surface area (Å²) in [5.74, 6) is 0. The van der Waals surface area contributed by atoms with Gasteiger partial charge in [-0.15, -0.1) is 12.4 Å². The lowest BCUT2D eigenvalue weighted by Crippen LogP contribution is -2.34. The number of nitrogens with zero attached hydrogens (tertiary/aromatic N) is 1. The van der Waals surface area contributed by atoms with Gasteiger partial charge in [-0.05, 0) is 49.3 Å². The number of aryl methyl sites for hydroxylation is 2. The van der Waals surface area contributed by atoms with Crippen molar-refractivity contribution in [1.82, 2.24) is 0 Å². The third-order valence-electron chi connectivity index (χ3n) is 3.65. The van der Waals surface area contributed by atoms with Crippen molar-refractivity contribution in [2.45, 2.75) is 32.6 Å². The monoisotopic (exact) mass is 223 g/mol. The van der Waals surface area contributed by atoms with E-state index in [9.17, 15) is 0 Å². The first-order chi connectivity index (χ1) is 6.86. The Morgan fingerprint density at radius 3 is 2.60 bits per heavy atom. The summed E-state index contributed by atoms with van der Waals surface area (Å²) in [7, 11) is 0. The van der Waals surface area contributed by atoms with Crippen LogP contribution in [0.1, 0.15) is 29.5 Å². The van der Waals surface area contributed by atoms with Crippen LogP contribution >= 0.6 is 12.4 Å². The minimum absolute atomic E-state index is 0. The second-order valence-corrected chi connectivity index (χ2v) is 4.56. The second kappa shape index (κ2) is 4.05. The Morgan fingerprint density at radius 2 is 1.80 bits per heavy atom. The third-order valence-corrected chi connectivity index (χ3v) is 3.65. The van der Waals surface area contributed by atoms with Crippen molar-refractivity contribution in [1.29, 1.82) is 0 Å². The molecule has 0 radical (unpaired) electrons. The largest absolute Gasteiger partial charge is 0.371 e. The zero-order valence-electron chi connectivity index (χ0n) is 9.25. The fraction of sp³-hybridized carbons (Fsp3) is 0.538. The van der Waals surface area contributed by atoms with Crippen LogP contribution in [-0.2, 0) is 12.8 Å². The number of benzene rings is 1. The number of hydrogen-bond donors (Lipinski definition) is 0. The topological polar surface area (TPSA) is 3.24 Å². The minimum atomic E-state index is 0. The van der Waals surface area contributed by atoms with E-state index in [0.29, 0.717) is 0 Å². The van der Waals surface area contributed by atoms with Gasteiger partial charge in [-0.25, -0.2) is 0 Å². The molecule has 82 valence electrons. The van der Waals surface area contributed by atoms with Crippen molar-refractivity contribution >= 4 is 18.1 Å². The Bertz CT molecular complexity index is 371. The van der Waals surface area contributed by atoms with Crippen molar-refractivity contribution in [3.8, 4) is 0 Å². The summed E-state index contributed by atoms with van der Waals surface area (Å²) in [5.41, 5.74) is 6.32. The van der Waals surface area contributed by atoms with Crippen LogP contribution < -0.4 is 4.90 Å². The summed E-state index contributed by atoms with van der Waals surface area (Å²) in [6.45, 7) is 4.82. The third kappa shape index (κ3) is 1.63. The molecule has 0 fully saturated rings. The summed E-state index contributed by atoms with van der Waals surface area (Å²) < 4.78 is 0. The first-order valence-corrected chi connectivity index (χ1v) is 5.72. The van der Waals surface area contributed by atoms with E-state index in [0.717, 1.165) is 0 Å². The molecule has 1 aromatic carbocycles. The van der Waals surface area contributed by atoms with Crippen molar-refractivity contribution in [3.05, 3.63) is 28.8 Å². The molecule has 2 heterocycles. The molecule has 0 N–H and O–H groups in total. The van der Waals surface area contributed by atoms with Crippen LogP contribution in [0.25, 0.3) is 0 Å². The lowest BCUT2D eigenvalue weighted by molar-refractivity contribution is 0.632. The highest BCUT2D eigenvalue weighted by molar-refractivity contribution is 5.85. The van der Waals surface area contributed by atoms with Gasteiger partial charge in [0.25, 0.3) is 0 Å². The van der Waals surface area contributed by atoms with Gasteiger partial charge in [0.2, 0.25) is 0 Å². The molecule has 0 amide bonds. The van der Waals surface area contributed by atoms with Crippen LogP contribution in [0.2, 0.25) is 0 Å². The quantitative estimate of drug-likeness (QED) is 0.653. The van der Waals surface area contributed by atoms with Gasteiger partial charge in [-0.1, -0.05) is 12.1 Å². The molecular weight excluding hydrogens is 206 g/mol. The van der Waals surface area contributed by atoms with Crippen LogP contribution in [0, 0.1) is 6.92 Å². The summed E-state index contributed by atoms with van der Waals surface area (Å²) in [6.07, 6.45) is 5.28. The Hall–Kier alpha value is -0.690. The highest BCUT2D eigenvalue weighted by Gasteiger charge is 2.24. The van der Waals surface area contributed by atoms with E-state index in [4.69, 9.17) is 0 Å². The predicted octanol–water partition coefficient (Wildman–Crippen LogP) is 3.12. The molecule has 0 saturated heterocycles. The van der Waals surface area contributed by atoms with Crippen molar-refractivity contribution < 1.29 is 0 Å². The van der Waals surface area contributed by atoms with Crippen LogP contribution in [0.3, 0.4) is 0 Å². The predicted molar refractivity (Wildman–Crippen MR) is 67.3 cm³/mol. The average molecular weight is 224 g/mol. The van der Waals surface area contributed by atoms with E-state index in [2.05, 4.69) is 24.0 Å². The Balaban J connectivity index is 0.000000853. The Morgan fingerprint density at radius 1 is 1.07 bits per heavy atom. The van der Waals surface area contributed by atoms with Crippen molar-refractivity contribution in [3.63, 3.8) is 0 Å². The number of rotatable bonds is 0. The molecule has 0 aliphatic carbocycles. The highest BCUT2D eigenvalue weighted by atomic mass is 35.5. The molecule has 2 aliphatic rings. The SMILES string of the molecule is Cc1ccc2c3c1CCCN3CCC2.Cl. The minimum Gasteiger partial charge on any atom is -0.371 e. The van der Waals surface area contributed by atoms with Crippen LogP contribution in [0.5, 0.6) is 0 Å². The molecule has 1 nitrogen and oxygen atoms in total. The number of halogens is 1. The summed E-state index contributed by atoms with van der Waals surface area (Å²) in [6, 6.07) is 4.65. The highest BCUT2D eigenvalue weighted by Crippen LogP contribution is 2.36. The van der Waals surface area contributed by atoms with Crippen molar-refractivity contribution in [2.24, 2.45) is 0 Å². The molecule has 0 saturated carbocycles. The maximum atomic E-state index is 2.60. The molecule has 0 atom stereocenters. The number of anilines is 1. The molecule has 0 spiro atoms. The molecule has 0 bridgehead atoms. The molecule has 0 aromatic heterocycles. The standard InChI is InChI=1S/C13H17N.ClH/c1-10-6-7-11-4-2-8-14-9-3-5-12(10)13(11)14;/h6-7H,2-5,8-9H2,1H3;1H. The summed E-state index contributed by atoms with van der Waals surface area (Å²) in [4.78, 5) is 2.60. The maximum Gasteiger partial charge on any atom is 0.0433 e. The van der Waals surface area contributed by atoms with Gasteiger partial charge in [-0.3, -0.25) is 0 Å². The fourth-order valence-electron chi connectivity index (χ4n) is 2.94. The van der Waals surface area contributed by atoms with Gasteiger partial charge in [0.15, 0.2) is 0 Å². The van der Waals surface area contributed by atoms with Gasteiger partial charge in [-0.2, -0.15) is 0 Å². The van der Waals surface area contributed by atoms with Crippen LogP contribution in [0.4, 0.5) is 5.69 Å². The zero-order chi connectivity index (χ0) is 9.54. The van der Waals surface area contributed by atoms with Crippen LogP contribution in [-0.4, -0.2) is 13.1 Å². The van der Waals surface area contributed by atoms with E-state index in [1.807, 2.05) is 0 Å². The molecule has 2 heteroatoms. The molecule has 3 rings (SSSR count). The van der Waals surface area contributed by atoms with Gasteiger partial charge >= 0.3 is 0 Å². The molecule has 1 aromatic rings. The van der Waals surface area contributed by atoms with Crippen molar-refractivity contribution in [2.75, 3.05) is 18.0 Å². The maximum absolute atomic E-state index is 2.60. The molecule has 0 unspecified atom stereocenters. The summed E-state index contributed by atoms with van der Waals surface area (Å²) >= 11 is 0. The number of hydrogen-bond acceptors (Lipinski definition) is 1. The second-order valence-electron chi connectivity index (χ2n) is 4.56. The fourth-order valence-corrected chi connectivity index (χ4v) is 2.94.